The first-order chi connectivity index (χ1) is 10.2. The molecule has 0 bridgehead atoms. The van der Waals surface area contributed by atoms with Crippen LogP contribution in [0.2, 0.25) is 0 Å². The van der Waals surface area contributed by atoms with Crippen LogP contribution in [0.15, 0.2) is 40.9 Å². The highest BCUT2D eigenvalue weighted by Gasteiger charge is 2.21. The summed E-state index contributed by atoms with van der Waals surface area (Å²) in [4.78, 5) is 0. The average molecular weight is 350 g/mol. The van der Waals surface area contributed by atoms with E-state index in [-0.39, 0.29) is 6.04 Å². The maximum atomic E-state index is 6.42. The molecule has 3 rings (SSSR count). The van der Waals surface area contributed by atoms with Crippen LogP contribution in [0.25, 0.3) is 0 Å². The van der Waals surface area contributed by atoms with E-state index in [0.717, 1.165) is 32.8 Å². The predicted octanol–water partition coefficient (Wildman–Crippen LogP) is 3.28. The highest BCUT2D eigenvalue weighted by atomic mass is 79.9. The minimum absolute atomic E-state index is 0.314. The van der Waals surface area contributed by atoms with Crippen molar-refractivity contribution in [2.75, 3.05) is 20.3 Å². The van der Waals surface area contributed by atoms with Gasteiger partial charge in [0.1, 0.15) is 19.0 Å². The van der Waals surface area contributed by atoms with Crippen LogP contribution in [-0.2, 0) is 0 Å². The third-order valence-corrected chi connectivity index (χ3v) is 4.16. The zero-order valence-electron chi connectivity index (χ0n) is 11.6. The lowest BCUT2D eigenvalue weighted by atomic mass is 9.98. The van der Waals surface area contributed by atoms with E-state index in [1.807, 2.05) is 36.4 Å². The van der Waals surface area contributed by atoms with Crippen LogP contribution >= 0.6 is 15.9 Å². The number of nitrogens with two attached hydrogens (primary N) is 1. The highest BCUT2D eigenvalue weighted by molar-refractivity contribution is 9.10. The van der Waals surface area contributed by atoms with Gasteiger partial charge in [0.25, 0.3) is 0 Å². The number of para-hydroxylation sites is 1. The summed E-state index contributed by atoms with van der Waals surface area (Å²) in [6.07, 6.45) is 0. The molecule has 1 aliphatic heterocycles. The van der Waals surface area contributed by atoms with Crippen LogP contribution in [-0.4, -0.2) is 20.3 Å². The van der Waals surface area contributed by atoms with E-state index in [1.54, 1.807) is 7.11 Å². The molecule has 5 heteroatoms. The van der Waals surface area contributed by atoms with Gasteiger partial charge < -0.3 is 19.9 Å². The third-order valence-electron chi connectivity index (χ3n) is 3.47. The van der Waals surface area contributed by atoms with Crippen LogP contribution in [0, 0.1) is 0 Å². The fourth-order valence-corrected chi connectivity index (χ4v) is 2.98. The molecule has 0 spiro atoms. The van der Waals surface area contributed by atoms with Gasteiger partial charge in [0, 0.05) is 10.0 Å². The zero-order chi connectivity index (χ0) is 14.8. The largest absolute Gasteiger partial charge is 0.496 e. The Labute approximate surface area is 131 Å². The molecule has 1 unspecified atom stereocenters. The summed E-state index contributed by atoms with van der Waals surface area (Å²) in [5.41, 5.74) is 8.28. The number of ether oxygens (including phenoxy) is 3. The molecular weight excluding hydrogens is 334 g/mol. The van der Waals surface area contributed by atoms with Crippen LogP contribution in [0.3, 0.4) is 0 Å². The van der Waals surface area contributed by atoms with Gasteiger partial charge in [-0.25, -0.2) is 0 Å². The first-order valence-electron chi connectivity index (χ1n) is 6.68. The monoisotopic (exact) mass is 349 g/mol. The Hall–Kier alpha value is -1.72. The summed E-state index contributed by atoms with van der Waals surface area (Å²) in [7, 11) is 1.64. The number of hydrogen-bond acceptors (Lipinski definition) is 4. The van der Waals surface area contributed by atoms with E-state index >= 15 is 0 Å². The fraction of sp³-hybridized carbons (Fsp3) is 0.250. The van der Waals surface area contributed by atoms with E-state index < -0.39 is 0 Å². The molecule has 110 valence electrons. The Morgan fingerprint density at radius 3 is 2.48 bits per heavy atom. The van der Waals surface area contributed by atoms with Crippen molar-refractivity contribution in [1.82, 2.24) is 0 Å². The first kappa shape index (κ1) is 14.2. The molecule has 21 heavy (non-hydrogen) atoms. The Balaban J connectivity index is 2.03. The number of hydrogen-bond donors (Lipinski definition) is 1. The Bertz CT molecular complexity index is 660. The minimum atomic E-state index is -0.314. The van der Waals surface area contributed by atoms with Crippen molar-refractivity contribution in [2.24, 2.45) is 5.73 Å². The lowest BCUT2D eigenvalue weighted by Crippen LogP contribution is -2.18. The van der Waals surface area contributed by atoms with Gasteiger partial charge in [-0.15, -0.1) is 0 Å². The summed E-state index contributed by atoms with van der Waals surface area (Å²) < 4.78 is 17.5. The summed E-state index contributed by atoms with van der Waals surface area (Å²) >= 11 is 3.56. The third kappa shape index (κ3) is 2.71. The van der Waals surface area contributed by atoms with E-state index in [2.05, 4.69) is 15.9 Å². The van der Waals surface area contributed by atoms with Crippen molar-refractivity contribution >= 4 is 15.9 Å². The van der Waals surface area contributed by atoms with Crippen LogP contribution in [0.5, 0.6) is 17.2 Å². The summed E-state index contributed by atoms with van der Waals surface area (Å²) in [5, 5.41) is 0. The maximum absolute atomic E-state index is 6.42. The lowest BCUT2D eigenvalue weighted by molar-refractivity contribution is 0.171. The zero-order valence-corrected chi connectivity index (χ0v) is 13.2. The molecule has 2 aromatic rings. The number of halogens is 1. The van der Waals surface area contributed by atoms with Crippen molar-refractivity contribution < 1.29 is 14.2 Å². The van der Waals surface area contributed by atoms with E-state index in [4.69, 9.17) is 19.9 Å². The first-order valence-corrected chi connectivity index (χ1v) is 7.47. The summed E-state index contributed by atoms with van der Waals surface area (Å²) in [6.45, 7) is 1.12. The van der Waals surface area contributed by atoms with Gasteiger partial charge in [0.05, 0.1) is 13.2 Å². The number of rotatable bonds is 3. The molecular formula is C16H16BrNO3. The maximum Gasteiger partial charge on any atom is 0.162 e. The van der Waals surface area contributed by atoms with Crippen molar-refractivity contribution in [1.29, 1.82) is 0 Å². The molecule has 2 N–H and O–H groups in total. The van der Waals surface area contributed by atoms with Crippen LogP contribution in [0.4, 0.5) is 0 Å². The molecule has 0 aliphatic carbocycles. The summed E-state index contributed by atoms with van der Waals surface area (Å²) in [5.74, 6) is 2.24. The van der Waals surface area contributed by atoms with Crippen LogP contribution < -0.4 is 19.9 Å². The van der Waals surface area contributed by atoms with Crippen molar-refractivity contribution in [3.8, 4) is 17.2 Å². The molecule has 0 saturated heterocycles. The number of fused-ring (bicyclic) bond motifs is 1. The second-order valence-electron chi connectivity index (χ2n) is 4.74. The smallest absolute Gasteiger partial charge is 0.162 e. The fourth-order valence-electron chi connectivity index (χ4n) is 2.41. The van der Waals surface area contributed by atoms with Crippen molar-refractivity contribution in [3.63, 3.8) is 0 Å². The van der Waals surface area contributed by atoms with Crippen molar-refractivity contribution in [3.05, 3.63) is 52.0 Å². The lowest BCUT2D eigenvalue weighted by Gasteiger charge is -2.22. The quantitative estimate of drug-likeness (QED) is 0.923. The molecule has 1 heterocycles. The minimum Gasteiger partial charge on any atom is -0.496 e. The Morgan fingerprint density at radius 2 is 1.76 bits per heavy atom. The molecule has 0 aromatic heterocycles. The highest BCUT2D eigenvalue weighted by Crippen LogP contribution is 2.40. The Morgan fingerprint density at radius 1 is 1.10 bits per heavy atom. The van der Waals surface area contributed by atoms with Gasteiger partial charge in [-0.1, -0.05) is 34.1 Å². The van der Waals surface area contributed by atoms with E-state index in [9.17, 15) is 0 Å². The molecule has 1 atom stereocenters. The molecule has 0 amide bonds. The SMILES string of the molecule is COc1ccccc1C(N)c1cc2c(cc1Br)OCCO2. The standard InChI is InChI=1S/C16H16BrNO3/c1-19-13-5-3-2-4-10(13)16(18)11-8-14-15(9-12(11)17)21-7-6-20-14/h2-5,8-9,16H,6-7,18H2,1H3. The van der Waals surface area contributed by atoms with Gasteiger partial charge in [0.2, 0.25) is 0 Å². The number of benzene rings is 2. The number of methoxy groups -OCH3 is 1. The van der Waals surface area contributed by atoms with E-state index in [1.165, 1.54) is 0 Å². The topological polar surface area (TPSA) is 53.7 Å². The molecule has 0 fully saturated rings. The predicted molar refractivity (Wildman–Crippen MR) is 84.2 cm³/mol. The van der Waals surface area contributed by atoms with Crippen LogP contribution in [0.1, 0.15) is 17.2 Å². The van der Waals surface area contributed by atoms with Gasteiger partial charge in [-0.2, -0.15) is 0 Å². The van der Waals surface area contributed by atoms with Gasteiger partial charge in [0.15, 0.2) is 11.5 Å². The molecule has 2 aromatic carbocycles. The average Bonchev–Trinajstić information content (AvgIpc) is 2.53. The Kier molecular flexibility index (Phi) is 4.03. The summed E-state index contributed by atoms with van der Waals surface area (Å²) in [6, 6.07) is 11.3. The van der Waals surface area contributed by atoms with E-state index in [0.29, 0.717) is 13.2 Å². The van der Waals surface area contributed by atoms with Gasteiger partial charge in [-0.3, -0.25) is 0 Å². The van der Waals surface area contributed by atoms with Gasteiger partial charge >= 0.3 is 0 Å². The van der Waals surface area contributed by atoms with Crippen molar-refractivity contribution in [2.45, 2.75) is 6.04 Å². The normalized spacial score (nSPS) is 14.6. The molecule has 1 aliphatic rings. The molecule has 4 nitrogen and oxygen atoms in total. The molecule has 0 saturated carbocycles. The van der Waals surface area contributed by atoms with Gasteiger partial charge in [-0.05, 0) is 23.8 Å². The second-order valence-corrected chi connectivity index (χ2v) is 5.59. The second kappa shape index (κ2) is 5.95. The molecule has 0 radical (unpaired) electrons.